The zero-order valence-electron chi connectivity index (χ0n) is 22.8. The molecule has 10 heteroatoms. The number of methoxy groups -OCH3 is 1. The van der Waals surface area contributed by atoms with Crippen LogP contribution in [0.25, 0.3) is 17.1 Å². The molecule has 3 aromatic rings. The molecule has 1 aliphatic heterocycles. The summed E-state index contributed by atoms with van der Waals surface area (Å²) in [5, 5.41) is 22.9. The van der Waals surface area contributed by atoms with Crippen molar-refractivity contribution in [2.24, 2.45) is 0 Å². The number of benzene rings is 2. The first-order chi connectivity index (χ1) is 18.3. The van der Waals surface area contributed by atoms with Gasteiger partial charge in [-0.3, -0.25) is 14.3 Å². The topological polar surface area (TPSA) is 95.8 Å². The smallest absolute Gasteiger partial charge is 0.289 e. The van der Waals surface area contributed by atoms with E-state index in [4.69, 9.17) is 16.3 Å². The monoisotopic (exact) mass is 540 g/mol. The quantitative estimate of drug-likeness (QED) is 0.417. The van der Waals surface area contributed by atoms with Gasteiger partial charge >= 0.3 is 0 Å². The minimum absolute atomic E-state index is 0.0173. The van der Waals surface area contributed by atoms with Crippen molar-refractivity contribution in [2.45, 2.75) is 40.2 Å². The van der Waals surface area contributed by atoms with Crippen molar-refractivity contribution in [2.75, 3.05) is 46.4 Å². The van der Waals surface area contributed by atoms with Crippen molar-refractivity contribution >= 4 is 17.5 Å². The third kappa shape index (κ3) is 5.80. The molecule has 1 aliphatic rings. The number of carbonyl (C=O) groups is 1. The van der Waals surface area contributed by atoms with Crippen molar-refractivity contribution in [3.05, 3.63) is 52.3 Å². The number of aromatic nitrogens is 3. The number of carbonyl (C=O) groups excluding carboxylic acids is 1. The fourth-order valence-electron chi connectivity index (χ4n) is 4.79. The van der Waals surface area contributed by atoms with Gasteiger partial charge in [-0.15, -0.1) is 10.2 Å². The second kappa shape index (κ2) is 12.1. The highest BCUT2D eigenvalue weighted by atomic mass is 35.5. The zero-order valence-corrected chi connectivity index (χ0v) is 23.5. The molecule has 1 amide bonds. The van der Waals surface area contributed by atoms with E-state index < -0.39 is 0 Å². The van der Waals surface area contributed by atoms with E-state index in [1.54, 1.807) is 17.7 Å². The number of piperazine rings is 1. The van der Waals surface area contributed by atoms with Crippen molar-refractivity contribution < 1.29 is 14.6 Å². The van der Waals surface area contributed by atoms with Crippen LogP contribution in [0.5, 0.6) is 11.5 Å². The van der Waals surface area contributed by atoms with Gasteiger partial charge in [0.1, 0.15) is 11.5 Å². The van der Waals surface area contributed by atoms with Crippen LogP contribution in [0.2, 0.25) is 5.02 Å². The molecule has 1 fully saturated rings. The maximum absolute atomic E-state index is 12.9. The fourth-order valence-corrected chi connectivity index (χ4v) is 5.03. The van der Waals surface area contributed by atoms with Gasteiger partial charge in [0.25, 0.3) is 5.91 Å². The van der Waals surface area contributed by atoms with Gasteiger partial charge < -0.3 is 20.1 Å². The van der Waals surface area contributed by atoms with Crippen LogP contribution >= 0.6 is 11.6 Å². The number of nitrogens with zero attached hydrogens (tertiary/aromatic N) is 5. The van der Waals surface area contributed by atoms with Crippen LogP contribution in [0, 0.1) is 0 Å². The summed E-state index contributed by atoms with van der Waals surface area (Å²) in [6, 6.07) is 9.15. The molecular formula is C28H37ClN6O3. The number of hydrogen-bond acceptors (Lipinski definition) is 7. The second-order valence-electron chi connectivity index (χ2n) is 9.79. The Balaban J connectivity index is 1.75. The number of aromatic hydroxyl groups is 1. The minimum atomic E-state index is -0.364. The lowest BCUT2D eigenvalue weighted by Gasteiger charge is -2.34. The summed E-state index contributed by atoms with van der Waals surface area (Å²) >= 11 is 6.79. The van der Waals surface area contributed by atoms with E-state index in [0.717, 1.165) is 50.4 Å². The molecule has 0 atom stereocenters. The predicted octanol–water partition coefficient (Wildman–Crippen LogP) is 4.31. The molecule has 4 rings (SSSR count). The van der Waals surface area contributed by atoms with E-state index in [9.17, 15) is 9.90 Å². The Kier molecular flexibility index (Phi) is 8.91. The van der Waals surface area contributed by atoms with Crippen LogP contribution < -0.4 is 10.1 Å². The highest BCUT2D eigenvalue weighted by Gasteiger charge is 2.25. The van der Waals surface area contributed by atoms with E-state index in [2.05, 4.69) is 32.2 Å². The number of likely N-dealkylation sites (N-methyl/N-ethyl adjacent to an activating group) is 1. The van der Waals surface area contributed by atoms with Gasteiger partial charge in [-0.05, 0) is 48.7 Å². The third-order valence-electron chi connectivity index (χ3n) is 7.02. The molecule has 204 valence electrons. The number of ether oxygens (including phenoxy) is 1. The predicted molar refractivity (Wildman–Crippen MR) is 150 cm³/mol. The molecule has 38 heavy (non-hydrogen) atoms. The van der Waals surface area contributed by atoms with Crippen LogP contribution in [0.3, 0.4) is 0 Å². The van der Waals surface area contributed by atoms with E-state index in [-0.39, 0.29) is 23.4 Å². The van der Waals surface area contributed by atoms with Gasteiger partial charge in [0.15, 0.2) is 5.82 Å². The Morgan fingerprint density at radius 1 is 1.11 bits per heavy atom. The third-order valence-corrected chi connectivity index (χ3v) is 7.37. The minimum Gasteiger partial charge on any atom is -0.507 e. The molecule has 0 spiro atoms. The number of halogens is 1. The van der Waals surface area contributed by atoms with Crippen molar-refractivity contribution in [3.8, 4) is 28.6 Å². The highest BCUT2D eigenvalue weighted by Crippen LogP contribution is 2.39. The number of hydrogen-bond donors (Lipinski definition) is 2. The second-order valence-corrected chi connectivity index (χ2v) is 10.2. The summed E-state index contributed by atoms with van der Waals surface area (Å²) in [6.45, 7) is 14.5. The van der Waals surface area contributed by atoms with Crippen molar-refractivity contribution in [1.29, 1.82) is 0 Å². The first kappa shape index (κ1) is 27.9. The standard InChI is InChI=1S/C28H37ClN6O3/c1-6-30-28(37)27-32-31-26(22-15-21(18(3)4)25(38-5)16-24(22)36)35(27)20-9-8-19(23(29)14-20)17-34-12-10-33(7-2)11-13-34/h8-9,14-16,18,36H,6-7,10-13,17H2,1-5H3,(H,30,37). The van der Waals surface area contributed by atoms with Gasteiger partial charge in [-0.25, -0.2) is 0 Å². The Morgan fingerprint density at radius 2 is 1.82 bits per heavy atom. The molecule has 1 saturated heterocycles. The molecular weight excluding hydrogens is 504 g/mol. The van der Waals surface area contributed by atoms with Gasteiger partial charge in [-0.2, -0.15) is 0 Å². The normalized spacial score (nSPS) is 14.7. The van der Waals surface area contributed by atoms with Gasteiger partial charge in [-0.1, -0.05) is 38.4 Å². The summed E-state index contributed by atoms with van der Waals surface area (Å²) in [6.07, 6.45) is 0. The summed E-state index contributed by atoms with van der Waals surface area (Å²) in [4.78, 5) is 17.8. The number of phenolic OH excluding ortho intramolecular Hbond substituents is 1. The lowest BCUT2D eigenvalue weighted by atomic mass is 9.98. The van der Waals surface area contributed by atoms with Crippen LogP contribution in [-0.2, 0) is 6.54 Å². The Labute approximate surface area is 229 Å². The fraction of sp³-hybridized carbons (Fsp3) is 0.464. The van der Waals surface area contributed by atoms with Gasteiger partial charge in [0, 0.05) is 50.4 Å². The summed E-state index contributed by atoms with van der Waals surface area (Å²) < 4.78 is 7.13. The van der Waals surface area contributed by atoms with Crippen LogP contribution in [0.1, 0.15) is 55.4 Å². The molecule has 0 aliphatic carbocycles. The Bertz CT molecular complexity index is 1280. The van der Waals surface area contributed by atoms with E-state index >= 15 is 0 Å². The largest absolute Gasteiger partial charge is 0.507 e. The first-order valence-electron chi connectivity index (χ1n) is 13.2. The van der Waals surface area contributed by atoms with E-state index in [0.29, 0.717) is 34.4 Å². The summed E-state index contributed by atoms with van der Waals surface area (Å²) in [5.41, 5.74) is 3.01. The Hall–Kier alpha value is -3.14. The van der Waals surface area contributed by atoms with Crippen LogP contribution in [0.15, 0.2) is 30.3 Å². The molecule has 0 unspecified atom stereocenters. The van der Waals surface area contributed by atoms with E-state index in [1.165, 1.54) is 0 Å². The maximum atomic E-state index is 12.9. The number of nitrogens with one attached hydrogen (secondary N) is 1. The van der Waals surface area contributed by atoms with Crippen molar-refractivity contribution in [3.63, 3.8) is 0 Å². The molecule has 2 heterocycles. The first-order valence-corrected chi connectivity index (χ1v) is 13.5. The van der Waals surface area contributed by atoms with Gasteiger partial charge in [0.05, 0.1) is 18.4 Å². The van der Waals surface area contributed by atoms with Crippen molar-refractivity contribution in [1.82, 2.24) is 29.9 Å². The van der Waals surface area contributed by atoms with Crippen LogP contribution in [-0.4, -0.2) is 82.0 Å². The average molecular weight is 541 g/mol. The lowest BCUT2D eigenvalue weighted by Crippen LogP contribution is -2.45. The molecule has 1 aromatic heterocycles. The SMILES string of the molecule is CCNC(=O)c1nnc(-c2cc(C(C)C)c(OC)cc2O)n1-c1ccc(CN2CCN(CC)CC2)c(Cl)c1. The lowest BCUT2D eigenvalue weighted by molar-refractivity contribution is 0.0943. The summed E-state index contributed by atoms with van der Waals surface area (Å²) in [5.74, 6) is 0.795. The molecule has 0 bridgehead atoms. The molecule has 2 aromatic carbocycles. The number of rotatable bonds is 9. The summed E-state index contributed by atoms with van der Waals surface area (Å²) in [7, 11) is 1.57. The van der Waals surface area contributed by atoms with Gasteiger partial charge in [0.2, 0.25) is 5.82 Å². The number of amides is 1. The number of phenols is 1. The molecule has 0 radical (unpaired) electrons. The Morgan fingerprint density at radius 3 is 2.42 bits per heavy atom. The van der Waals surface area contributed by atoms with Crippen LogP contribution in [0.4, 0.5) is 0 Å². The molecule has 0 saturated carbocycles. The molecule has 9 nitrogen and oxygen atoms in total. The molecule has 2 N–H and O–H groups in total. The zero-order chi connectivity index (χ0) is 27.4. The maximum Gasteiger partial charge on any atom is 0.289 e. The van der Waals surface area contributed by atoms with E-state index in [1.807, 2.05) is 45.0 Å². The average Bonchev–Trinajstić information content (AvgIpc) is 3.35. The highest BCUT2D eigenvalue weighted by molar-refractivity contribution is 6.31.